The lowest BCUT2D eigenvalue weighted by atomic mass is 9.96. The topological polar surface area (TPSA) is 125 Å². The van der Waals surface area contributed by atoms with Gasteiger partial charge in [-0.1, -0.05) is 43.3 Å². The smallest absolute Gasteiger partial charge is 0.147 e. The number of nitrogens with two attached hydrogens (primary N) is 1. The van der Waals surface area contributed by atoms with Gasteiger partial charge < -0.3 is 26.7 Å². The molecule has 1 unspecified atom stereocenters. The van der Waals surface area contributed by atoms with Crippen molar-refractivity contribution >= 4 is 11.4 Å². The minimum absolute atomic E-state index is 0. The first-order chi connectivity index (χ1) is 11.4. The average Bonchev–Trinajstić information content (AvgIpc) is 2.60. The molecule has 1 rings (SSSR count). The Morgan fingerprint density at radius 1 is 1.35 bits per heavy atom. The molecule has 1 atom stereocenters. The molecule has 6 nitrogen and oxygen atoms in total. The zero-order valence-electron chi connectivity index (χ0n) is 17.2. The first kappa shape index (κ1) is 28.6. The maximum atomic E-state index is 7.00. The summed E-state index contributed by atoms with van der Waals surface area (Å²) in [6, 6.07) is 6.75. The molecular weight excluding hydrogens is 330 g/mol. The van der Waals surface area contributed by atoms with E-state index in [1.165, 1.54) is 11.1 Å². The summed E-state index contributed by atoms with van der Waals surface area (Å²) in [5.74, 6) is 0.810. The lowest BCUT2D eigenvalue weighted by molar-refractivity contribution is 0.380. The number of likely N-dealkylation sites (N-methyl/N-ethyl adjacent to an activating group) is 1. The van der Waals surface area contributed by atoms with Gasteiger partial charge in [0.15, 0.2) is 0 Å². The third-order valence-corrected chi connectivity index (χ3v) is 4.22. The van der Waals surface area contributed by atoms with E-state index < -0.39 is 0 Å². The van der Waals surface area contributed by atoms with E-state index in [0.717, 1.165) is 30.5 Å². The Balaban J connectivity index is -0.000000511. The maximum absolute atomic E-state index is 7.00. The summed E-state index contributed by atoms with van der Waals surface area (Å²) in [4.78, 5) is 6.54. The van der Waals surface area contributed by atoms with Gasteiger partial charge in [0.25, 0.3) is 0 Å². The van der Waals surface area contributed by atoms with Crippen molar-refractivity contribution in [1.82, 2.24) is 4.90 Å². The van der Waals surface area contributed by atoms with Crippen LogP contribution in [0, 0.1) is 13.8 Å². The minimum atomic E-state index is 0. The van der Waals surface area contributed by atoms with Crippen LogP contribution in [0.2, 0.25) is 0 Å². The minimum Gasteiger partial charge on any atom is -0.412 e. The van der Waals surface area contributed by atoms with Crippen LogP contribution >= 0.6 is 0 Å². The predicted molar refractivity (Wildman–Crippen MR) is 116 cm³/mol. The van der Waals surface area contributed by atoms with E-state index >= 15 is 0 Å². The summed E-state index contributed by atoms with van der Waals surface area (Å²) in [5.41, 5.74) is 11.6. The van der Waals surface area contributed by atoms with Crippen molar-refractivity contribution < 1.29 is 17.5 Å². The second kappa shape index (κ2) is 14.1. The Hall–Kier alpha value is -2.15. The molecule has 0 aliphatic rings. The fourth-order valence-electron chi connectivity index (χ4n) is 2.46. The molecule has 0 aliphatic heterocycles. The van der Waals surface area contributed by atoms with E-state index in [4.69, 9.17) is 10.8 Å². The van der Waals surface area contributed by atoms with Crippen molar-refractivity contribution in [3.63, 3.8) is 0 Å². The van der Waals surface area contributed by atoms with E-state index in [1.807, 2.05) is 13.1 Å². The molecule has 0 aromatic heterocycles. The largest absolute Gasteiger partial charge is 0.412 e. The number of aliphatic imine (C=N–C) groups is 1. The number of aliphatic hydroxyl groups is 1. The Morgan fingerprint density at radius 2 is 1.88 bits per heavy atom. The van der Waals surface area contributed by atoms with E-state index in [0.29, 0.717) is 11.7 Å². The average molecular weight is 370 g/mol. The van der Waals surface area contributed by atoms with Gasteiger partial charge in [-0.25, -0.2) is 0 Å². The van der Waals surface area contributed by atoms with Gasteiger partial charge in [0.1, 0.15) is 5.84 Å². The zero-order valence-corrected chi connectivity index (χ0v) is 17.2. The molecule has 26 heavy (non-hydrogen) atoms. The van der Waals surface area contributed by atoms with Crippen molar-refractivity contribution in [3.05, 3.63) is 53.2 Å². The maximum Gasteiger partial charge on any atom is 0.147 e. The van der Waals surface area contributed by atoms with E-state index in [1.54, 1.807) is 7.05 Å². The summed E-state index contributed by atoms with van der Waals surface area (Å²) in [6.45, 7) is 12.5. The first-order valence-corrected chi connectivity index (χ1v) is 8.21. The van der Waals surface area contributed by atoms with Crippen LogP contribution in [0.4, 0.5) is 0 Å². The quantitative estimate of drug-likeness (QED) is 0.469. The highest BCUT2D eigenvalue weighted by Crippen LogP contribution is 2.24. The van der Waals surface area contributed by atoms with Crippen LogP contribution in [0.25, 0.3) is 5.57 Å². The summed E-state index contributed by atoms with van der Waals surface area (Å²) >= 11 is 0. The van der Waals surface area contributed by atoms with Gasteiger partial charge in [-0.3, -0.25) is 4.99 Å². The molecule has 7 N–H and O–H groups in total. The first-order valence-electron chi connectivity index (χ1n) is 8.21. The van der Waals surface area contributed by atoms with Gasteiger partial charge in [-0.15, -0.1) is 0 Å². The second-order valence-corrected chi connectivity index (χ2v) is 5.77. The van der Waals surface area contributed by atoms with Crippen molar-refractivity contribution in [3.8, 4) is 0 Å². The van der Waals surface area contributed by atoms with Crippen LogP contribution < -0.4 is 5.73 Å². The number of amidine groups is 1. The van der Waals surface area contributed by atoms with E-state index in [-0.39, 0.29) is 12.4 Å². The van der Waals surface area contributed by atoms with Crippen molar-refractivity contribution in [2.24, 2.45) is 10.7 Å². The van der Waals surface area contributed by atoms with Gasteiger partial charge in [0, 0.05) is 34.2 Å². The molecule has 1 aromatic carbocycles. The normalized spacial score (nSPS) is 12.4. The molecule has 1 aromatic rings. The Kier molecular flexibility index (Phi) is 15.5. The standard InChI is InChI=1S/C19H29N3.CH4O.2H2O.H2/c1-8-15(5)22(7)19(21-6)18(20)16(9-2)17-12-13(3)10-11-14(17)4;1-2;;;/h9-12,15H,2,8,20H2,1,3-7H3;2H,1H3;2*1H2;1H/b18-16-,21-19?;;;;. The Labute approximate surface area is 159 Å². The number of aryl methyl sites for hydroxylation is 2. The van der Waals surface area contributed by atoms with Crippen molar-refractivity contribution in [2.75, 3.05) is 21.2 Å². The molecule has 0 fully saturated rings. The number of benzene rings is 1. The molecule has 0 aliphatic carbocycles. The van der Waals surface area contributed by atoms with Crippen molar-refractivity contribution in [1.29, 1.82) is 0 Å². The molecule has 0 spiro atoms. The molecule has 0 radical (unpaired) electrons. The number of nitrogens with zero attached hydrogens (tertiary/aromatic N) is 2. The third-order valence-electron chi connectivity index (χ3n) is 4.22. The van der Waals surface area contributed by atoms with E-state index in [9.17, 15) is 0 Å². The van der Waals surface area contributed by atoms with Crippen LogP contribution in [0.5, 0.6) is 0 Å². The van der Waals surface area contributed by atoms with Crippen molar-refractivity contribution in [2.45, 2.75) is 40.2 Å². The van der Waals surface area contributed by atoms with Crippen LogP contribution in [0.3, 0.4) is 0 Å². The molecule has 152 valence electrons. The molecule has 0 amide bonds. The Bertz CT molecular complexity index is 616. The fraction of sp³-hybridized carbons (Fsp3) is 0.450. The summed E-state index contributed by atoms with van der Waals surface area (Å²) in [5, 5.41) is 7.00. The highest BCUT2D eigenvalue weighted by molar-refractivity contribution is 6.05. The lowest BCUT2D eigenvalue weighted by Gasteiger charge is -2.28. The highest BCUT2D eigenvalue weighted by Gasteiger charge is 2.18. The number of hydrogen-bond donors (Lipinski definition) is 2. The van der Waals surface area contributed by atoms with Gasteiger partial charge in [-0.2, -0.15) is 0 Å². The third kappa shape index (κ3) is 7.00. The SMILES string of the molecule is C=C/C(=C(/N)C(=NC)N(C)C(C)CC)c1cc(C)ccc1C.CO.O.O.[HH]. The highest BCUT2D eigenvalue weighted by atomic mass is 16.2. The molecule has 6 heteroatoms. The van der Waals surface area contributed by atoms with Crippen LogP contribution in [0.15, 0.2) is 41.5 Å². The van der Waals surface area contributed by atoms with E-state index in [2.05, 4.69) is 62.4 Å². The van der Waals surface area contributed by atoms with Crippen LogP contribution in [-0.2, 0) is 0 Å². The molecule has 0 heterocycles. The second-order valence-electron chi connectivity index (χ2n) is 5.77. The number of rotatable bonds is 5. The number of allylic oxidation sites excluding steroid dienone is 2. The number of aliphatic hydroxyl groups excluding tert-OH is 1. The summed E-state index contributed by atoms with van der Waals surface area (Å²) < 4.78 is 0. The van der Waals surface area contributed by atoms with Crippen LogP contribution in [0.1, 0.15) is 38.4 Å². The van der Waals surface area contributed by atoms with Gasteiger partial charge in [-0.05, 0) is 38.3 Å². The molecule has 0 saturated heterocycles. The van der Waals surface area contributed by atoms with Gasteiger partial charge >= 0.3 is 0 Å². The number of hydrogen-bond acceptors (Lipinski definition) is 3. The van der Waals surface area contributed by atoms with Crippen LogP contribution in [-0.4, -0.2) is 54.0 Å². The zero-order chi connectivity index (χ0) is 18.9. The summed E-state index contributed by atoms with van der Waals surface area (Å²) in [7, 11) is 4.82. The monoisotopic (exact) mass is 369 g/mol. The lowest BCUT2D eigenvalue weighted by Crippen LogP contribution is -2.38. The van der Waals surface area contributed by atoms with Gasteiger partial charge in [0.2, 0.25) is 0 Å². The molecule has 0 bridgehead atoms. The Morgan fingerprint density at radius 3 is 2.31 bits per heavy atom. The van der Waals surface area contributed by atoms with Gasteiger partial charge in [0.05, 0.1) is 5.70 Å². The molecule has 0 saturated carbocycles. The summed E-state index contributed by atoms with van der Waals surface area (Å²) in [6.07, 6.45) is 2.86. The molecular formula is C20H39N3O3. The fourth-order valence-corrected chi connectivity index (χ4v) is 2.46. The predicted octanol–water partition coefficient (Wildman–Crippen LogP) is 2.12.